The molecule has 3 rings (SSSR count). The summed E-state index contributed by atoms with van der Waals surface area (Å²) in [4.78, 5) is 30.7. The number of imide groups is 1. The molecule has 0 unspecified atom stereocenters. The Labute approximate surface area is 200 Å². The number of hydrogen-bond donors (Lipinski definition) is 2. The van der Waals surface area contributed by atoms with Crippen LogP contribution in [0.5, 0.6) is 5.75 Å². The molecule has 2 amide bonds. The third-order valence-electron chi connectivity index (χ3n) is 4.90. The second kappa shape index (κ2) is 12.3. The number of hydrogen-bond acceptors (Lipinski definition) is 4. The van der Waals surface area contributed by atoms with Gasteiger partial charge in [-0.3, -0.25) is 14.5 Å². The molecule has 2 aromatic rings. The summed E-state index contributed by atoms with van der Waals surface area (Å²) in [6.45, 7) is 4.48. The van der Waals surface area contributed by atoms with Gasteiger partial charge in [-0.2, -0.15) is 0 Å². The summed E-state index contributed by atoms with van der Waals surface area (Å²) in [6, 6.07) is 14.8. The highest BCUT2D eigenvalue weighted by molar-refractivity contribution is 14.0. The predicted molar refractivity (Wildman–Crippen MR) is 132 cm³/mol. The molecule has 0 fully saturated rings. The van der Waals surface area contributed by atoms with Crippen molar-refractivity contribution in [2.75, 3.05) is 26.7 Å². The number of guanidine groups is 1. The topological polar surface area (TPSA) is 83.0 Å². The number of benzene rings is 2. The van der Waals surface area contributed by atoms with Crippen LogP contribution in [0.1, 0.15) is 46.0 Å². The number of carbonyl (C=O) groups excluding carboxylic acids is 2. The van der Waals surface area contributed by atoms with E-state index >= 15 is 0 Å². The van der Waals surface area contributed by atoms with E-state index in [-0.39, 0.29) is 35.8 Å². The van der Waals surface area contributed by atoms with Crippen LogP contribution in [0.15, 0.2) is 53.5 Å². The SMILES string of the molecule is CCNC(=NCc1ccc(OC)cc1)NCCCCN1C(=O)c2ccccc2C1=O.I. The lowest BCUT2D eigenvalue weighted by atomic mass is 10.1. The number of fused-ring (bicyclic) bond motifs is 1. The van der Waals surface area contributed by atoms with Crippen molar-refractivity contribution in [2.45, 2.75) is 26.3 Å². The van der Waals surface area contributed by atoms with E-state index in [2.05, 4.69) is 15.6 Å². The largest absolute Gasteiger partial charge is 0.497 e. The molecule has 2 aromatic carbocycles. The van der Waals surface area contributed by atoms with Gasteiger partial charge < -0.3 is 15.4 Å². The minimum absolute atomic E-state index is 0. The van der Waals surface area contributed by atoms with Gasteiger partial charge in [0.2, 0.25) is 0 Å². The Balaban J connectivity index is 0.00000341. The van der Waals surface area contributed by atoms with Crippen molar-refractivity contribution in [3.8, 4) is 5.75 Å². The third-order valence-corrected chi connectivity index (χ3v) is 4.90. The van der Waals surface area contributed by atoms with Crippen molar-refractivity contribution >= 4 is 41.8 Å². The first-order valence-electron chi connectivity index (χ1n) is 10.2. The molecule has 31 heavy (non-hydrogen) atoms. The Morgan fingerprint density at radius 2 is 1.61 bits per heavy atom. The van der Waals surface area contributed by atoms with Gasteiger partial charge in [0.15, 0.2) is 5.96 Å². The quantitative estimate of drug-likeness (QED) is 0.169. The Morgan fingerprint density at radius 1 is 0.968 bits per heavy atom. The first kappa shape index (κ1) is 24.6. The number of amides is 2. The second-order valence-corrected chi connectivity index (χ2v) is 6.98. The van der Waals surface area contributed by atoms with Crippen LogP contribution >= 0.6 is 24.0 Å². The highest BCUT2D eigenvalue weighted by Crippen LogP contribution is 2.22. The number of nitrogens with zero attached hydrogens (tertiary/aromatic N) is 2. The molecule has 8 heteroatoms. The van der Waals surface area contributed by atoms with E-state index in [9.17, 15) is 9.59 Å². The number of rotatable bonds is 9. The lowest BCUT2D eigenvalue weighted by Gasteiger charge is -2.14. The molecule has 0 saturated heterocycles. The molecule has 0 atom stereocenters. The number of carbonyl (C=O) groups is 2. The fourth-order valence-corrected chi connectivity index (χ4v) is 3.29. The molecule has 1 heterocycles. The fraction of sp³-hybridized carbons (Fsp3) is 0.348. The molecule has 0 spiro atoms. The van der Waals surface area contributed by atoms with Crippen LogP contribution < -0.4 is 15.4 Å². The van der Waals surface area contributed by atoms with Crippen LogP contribution in [-0.4, -0.2) is 49.4 Å². The van der Waals surface area contributed by atoms with Crippen LogP contribution in [-0.2, 0) is 6.54 Å². The number of halogens is 1. The zero-order chi connectivity index (χ0) is 21.3. The molecule has 7 nitrogen and oxygen atoms in total. The van der Waals surface area contributed by atoms with Crippen molar-refractivity contribution in [3.05, 3.63) is 65.2 Å². The zero-order valence-corrected chi connectivity index (χ0v) is 20.2. The molecular weight excluding hydrogens is 507 g/mol. The number of unbranched alkanes of at least 4 members (excludes halogenated alkanes) is 1. The fourth-order valence-electron chi connectivity index (χ4n) is 3.29. The average molecular weight is 536 g/mol. The van der Waals surface area contributed by atoms with E-state index in [1.165, 1.54) is 4.90 Å². The van der Waals surface area contributed by atoms with Crippen LogP contribution in [0.3, 0.4) is 0 Å². The predicted octanol–water partition coefficient (Wildman–Crippen LogP) is 3.44. The summed E-state index contributed by atoms with van der Waals surface area (Å²) >= 11 is 0. The smallest absolute Gasteiger partial charge is 0.261 e. The van der Waals surface area contributed by atoms with E-state index in [1.807, 2.05) is 31.2 Å². The molecular formula is C23H29IN4O3. The molecule has 1 aliphatic heterocycles. The Bertz CT molecular complexity index is 880. The van der Waals surface area contributed by atoms with Crippen molar-refractivity contribution in [1.82, 2.24) is 15.5 Å². The van der Waals surface area contributed by atoms with Crippen molar-refractivity contribution < 1.29 is 14.3 Å². The molecule has 0 saturated carbocycles. The summed E-state index contributed by atoms with van der Waals surface area (Å²) in [5.41, 5.74) is 2.10. The second-order valence-electron chi connectivity index (χ2n) is 6.98. The van der Waals surface area contributed by atoms with Gasteiger partial charge in [0, 0.05) is 19.6 Å². The van der Waals surface area contributed by atoms with Crippen LogP contribution in [0.25, 0.3) is 0 Å². The van der Waals surface area contributed by atoms with Gasteiger partial charge in [-0.15, -0.1) is 24.0 Å². The minimum atomic E-state index is -0.196. The van der Waals surface area contributed by atoms with Gasteiger partial charge in [-0.25, -0.2) is 4.99 Å². The van der Waals surface area contributed by atoms with E-state index in [4.69, 9.17) is 4.74 Å². The molecule has 2 N–H and O–H groups in total. The molecule has 166 valence electrons. The maximum Gasteiger partial charge on any atom is 0.261 e. The summed E-state index contributed by atoms with van der Waals surface area (Å²) in [5.74, 6) is 1.18. The third kappa shape index (κ3) is 6.43. The monoisotopic (exact) mass is 536 g/mol. The standard InChI is InChI=1S/C23H28N4O3.HI/c1-3-24-23(26-16-17-10-12-18(30-2)13-11-17)25-14-6-7-15-27-21(28)19-8-4-5-9-20(19)22(27)29;/h4-5,8-13H,3,6-7,14-16H2,1-2H3,(H2,24,25,26);1H. The molecule has 0 aromatic heterocycles. The van der Waals surface area contributed by atoms with Crippen molar-refractivity contribution in [3.63, 3.8) is 0 Å². The summed E-state index contributed by atoms with van der Waals surface area (Å²) in [7, 11) is 1.65. The summed E-state index contributed by atoms with van der Waals surface area (Å²) in [6.07, 6.45) is 1.55. The van der Waals surface area contributed by atoms with E-state index in [0.717, 1.165) is 36.7 Å². The van der Waals surface area contributed by atoms with E-state index < -0.39 is 0 Å². The highest BCUT2D eigenvalue weighted by Gasteiger charge is 2.34. The van der Waals surface area contributed by atoms with Gasteiger partial charge in [-0.1, -0.05) is 24.3 Å². The minimum Gasteiger partial charge on any atom is -0.497 e. The van der Waals surface area contributed by atoms with Gasteiger partial charge in [-0.05, 0) is 49.6 Å². The maximum atomic E-state index is 12.4. The first-order chi connectivity index (χ1) is 14.6. The Hall–Kier alpha value is -2.62. The number of ether oxygens (including phenoxy) is 1. The Kier molecular flexibility index (Phi) is 9.77. The number of nitrogens with one attached hydrogen (secondary N) is 2. The van der Waals surface area contributed by atoms with Gasteiger partial charge in [0.1, 0.15) is 5.75 Å². The average Bonchev–Trinajstić information content (AvgIpc) is 3.02. The highest BCUT2D eigenvalue weighted by atomic mass is 127. The zero-order valence-electron chi connectivity index (χ0n) is 17.9. The summed E-state index contributed by atoms with van der Waals surface area (Å²) in [5, 5.41) is 6.53. The lowest BCUT2D eigenvalue weighted by molar-refractivity contribution is 0.0652. The number of aliphatic imine (C=N–C) groups is 1. The van der Waals surface area contributed by atoms with Crippen molar-refractivity contribution in [2.24, 2.45) is 4.99 Å². The molecule has 0 bridgehead atoms. The first-order valence-corrected chi connectivity index (χ1v) is 10.2. The summed E-state index contributed by atoms with van der Waals surface area (Å²) < 4.78 is 5.17. The van der Waals surface area contributed by atoms with Crippen LogP contribution in [0.4, 0.5) is 0 Å². The number of methoxy groups -OCH3 is 1. The van der Waals surface area contributed by atoms with E-state index in [1.54, 1.807) is 31.4 Å². The molecule has 1 aliphatic rings. The molecule has 0 aliphatic carbocycles. The van der Waals surface area contributed by atoms with Gasteiger partial charge >= 0.3 is 0 Å². The normalized spacial score (nSPS) is 13.0. The molecule has 0 radical (unpaired) electrons. The maximum absolute atomic E-state index is 12.4. The Morgan fingerprint density at radius 3 is 2.19 bits per heavy atom. The van der Waals surface area contributed by atoms with Crippen LogP contribution in [0.2, 0.25) is 0 Å². The lowest BCUT2D eigenvalue weighted by Crippen LogP contribution is -2.38. The van der Waals surface area contributed by atoms with Gasteiger partial charge in [0.05, 0.1) is 24.8 Å². The van der Waals surface area contributed by atoms with Crippen molar-refractivity contribution in [1.29, 1.82) is 0 Å². The van der Waals surface area contributed by atoms with Crippen LogP contribution in [0, 0.1) is 0 Å². The van der Waals surface area contributed by atoms with E-state index in [0.29, 0.717) is 30.8 Å². The van der Waals surface area contributed by atoms with Gasteiger partial charge in [0.25, 0.3) is 11.8 Å².